The van der Waals surface area contributed by atoms with E-state index in [0.29, 0.717) is 25.3 Å². The predicted octanol–water partition coefficient (Wildman–Crippen LogP) is 0.544. The summed E-state index contributed by atoms with van der Waals surface area (Å²) in [6.07, 6.45) is 0. The van der Waals surface area contributed by atoms with E-state index in [1.165, 1.54) is 11.5 Å². The number of nitrogens with zero attached hydrogens (tertiary/aromatic N) is 7. The Kier molecular flexibility index (Phi) is 5.37. The summed E-state index contributed by atoms with van der Waals surface area (Å²) >= 11 is 1.41. The van der Waals surface area contributed by atoms with Crippen LogP contribution in [-0.2, 0) is 6.54 Å². The number of carbonyl (C=O) groups excluding carboxylic acids is 1. The van der Waals surface area contributed by atoms with Crippen molar-refractivity contribution in [2.24, 2.45) is 0 Å². The van der Waals surface area contributed by atoms with Gasteiger partial charge in [0, 0.05) is 70.0 Å². The van der Waals surface area contributed by atoms with Crippen LogP contribution >= 0.6 is 11.5 Å². The van der Waals surface area contributed by atoms with Gasteiger partial charge in [-0.05, 0) is 14.0 Å². The molecule has 10 heteroatoms. The van der Waals surface area contributed by atoms with Gasteiger partial charge < -0.3 is 19.2 Å². The smallest absolute Gasteiger partial charge is 0.276 e. The second-order valence-corrected chi connectivity index (χ2v) is 7.89. The van der Waals surface area contributed by atoms with Gasteiger partial charge in [0.2, 0.25) is 5.13 Å². The molecule has 4 heterocycles. The molecule has 2 fully saturated rings. The van der Waals surface area contributed by atoms with E-state index in [-0.39, 0.29) is 5.91 Å². The summed E-state index contributed by atoms with van der Waals surface area (Å²) < 4.78 is 9.65. The first-order valence-corrected chi connectivity index (χ1v) is 10.1. The zero-order valence-electron chi connectivity index (χ0n) is 15.8. The number of hydrogen-bond donors (Lipinski definition) is 0. The fourth-order valence-corrected chi connectivity index (χ4v) is 4.12. The number of piperazine rings is 2. The highest BCUT2D eigenvalue weighted by Crippen LogP contribution is 2.19. The first kappa shape index (κ1) is 18.3. The summed E-state index contributed by atoms with van der Waals surface area (Å²) in [5, 5.41) is 4.94. The Morgan fingerprint density at radius 3 is 2.56 bits per heavy atom. The molecule has 0 unspecified atom stereocenters. The van der Waals surface area contributed by atoms with Crippen molar-refractivity contribution in [3.05, 3.63) is 23.3 Å². The highest BCUT2D eigenvalue weighted by atomic mass is 32.1. The standard InChI is InChI=1S/C17H25N7O2S/c1-13-18-17(27-20-13)24-9-7-23(8-10-24)16(25)15-11-14(26-19-15)12-22-5-3-21(2)4-6-22/h11H,3-10,12H2,1-2H3. The quantitative estimate of drug-likeness (QED) is 0.747. The average Bonchev–Trinajstić information content (AvgIpc) is 3.32. The van der Waals surface area contributed by atoms with Crippen molar-refractivity contribution in [1.82, 2.24) is 29.2 Å². The van der Waals surface area contributed by atoms with Crippen molar-refractivity contribution in [3.63, 3.8) is 0 Å². The lowest BCUT2D eigenvalue weighted by molar-refractivity contribution is 0.0736. The maximum absolute atomic E-state index is 12.7. The minimum atomic E-state index is -0.0588. The Morgan fingerprint density at radius 1 is 1.15 bits per heavy atom. The summed E-state index contributed by atoms with van der Waals surface area (Å²) in [5.41, 5.74) is 0.402. The Labute approximate surface area is 162 Å². The molecule has 146 valence electrons. The molecule has 4 rings (SSSR count). The Hall–Kier alpha value is -2.04. The van der Waals surface area contributed by atoms with Crippen molar-refractivity contribution in [2.75, 3.05) is 64.3 Å². The number of anilines is 1. The van der Waals surface area contributed by atoms with Gasteiger partial charge in [-0.2, -0.15) is 4.37 Å². The highest BCUT2D eigenvalue weighted by Gasteiger charge is 2.26. The summed E-state index contributed by atoms with van der Waals surface area (Å²) in [5.74, 6) is 1.49. The summed E-state index contributed by atoms with van der Waals surface area (Å²) in [6, 6.07) is 1.79. The maximum atomic E-state index is 12.7. The molecule has 9 nitrogen and oxygen atoms in total. The van der Waals surface area contributed by atoms with Crippen LogP contribution in [0.1, 0.15) is 22.1 Å². The van der Waals surface area contributed by atoms with E-state index in [1.54, 1.807) is 6.07 Å². The maximum Gasteiger partial charge on any atom is 0.276 e. The molecule has 0 radical (unpaired) electrons. The zero-order chi connectivity index (χ0) is 18.8. The van der Waals surface area contributed by atoms with Crippen LogP contribution < -0.4 is 4.90 Å². The van der Waals surface area contributed by atoms with Gasteiger partial charge in [0.15, 0.2) is 11.5 Å². The molecule has 0 saturated carbocycles. The van der Waals surface area contributed by atoms with Crippen molar-refractivity contribution in [1.29, 1.82) is 0 Å². The molecule has 2 aromatic heterocycles. The number of aryl methyl sites for hydroxylation is 1. The molecule has 0 aliphatic carbocycles. The van der Waals surface area contributed by atoms with E-state index in [1.807, 2.05) is 11.8 Å². The Bertz CT molecular complexity index is 776. The minimum Gasteiger partial charge on any atom is -0.359 e. The van der Waals surface area contributed by atoms with Gasteiger partial charge in [-0.1, -0.05) is 5.16 Å². The zero-order valence-corrected chi connectivity index (χ0v) is 16.6. The molecule has 1 amide bonds. The molecule has 0 bridgehead atoms. The number of amides is 1. The van der Waals surface area contributed by atoms with Gasteiger partial charge >= 0.3 is 0 Å². The lowest BCUT2D eigenvalue weighted by Crippen LogP contribution is -2.48. The molecule has 2 aliphatic rings. The Morgan fingerprint density at radius 2 is 1.89 bits per heavy atom. The van der Waals surface area contributed by atoms with Crippen molar-refractivity contribution < 1.29 is 9.32 Å². The number of aromatic nitrogens is 3. The van der Waals surface area contributed by atoms with Crippen LogP contribution in [0.5, 0.6) is 0 Å². The fourth-order valence-electron chi connectivity index (χ4n) is 3.39. The van der Waals surface area contributed by atoms with E-state index in [2.05, 4.69) is 36.3 Å². The first-order chi connectivity index (χ1) is 13.1. The average molecular weight is 392 g/mol. The molecule has 27 heavy (non-hydrogen) atoms. The van der Waals surface area contributed by atoms with Crippen molar-refractivity contribution >= 4 is 22.6 Å². The lowest BCUT2D eigenvalue weighted by Gasteiger charge is -2.33. The van der Waals surface area contributed by atoms with Crippen LogP contribution in [0.15, 0.2) is 10.6 Å². The number of likely N-dealkylation sites (N-methyl/N-ethyl adjacent to an activating group) is 1. The van der Waals surface area contributed by atoms with Gasteiger partial charge in [0.05, 0.1) is 6.54 Å². The van der Waals surface area contributed by atoms with Gasteiger partial charge in [-0.15, -0.1) is 0 Å². The number of hydrogen-bond acceptors (Lipinski definition) is 9. The number of rotatable bonds is 4. The molecular formula is C17H25N7O2S. The van der Waals surface area contributed by atoms with Crippen LogP contribution in [0.3, 0.4) is 0 Å². The van der Waals surface area contributed by atoms with E-state index in [9.17, 15) is 4.79 Å². The molecule has 2 aromatic rings. The van der Waals surface area contributed by atoms with E-state index in [4.69, 9.17) is 4.52 Å². The molecule has 2 aliphatic heterocycles. The first-order valence-electron chi connectivity index (χ1n) is 9.29. The summed E-state index contributed by atoms with van der Waals surface area (Å²) in [4.78, 5) is 25.8. The SMILES string of the molecule is Cc1nsc(N2CCN(C(=O)c3cc(CN4CCN(C)CC4)on3)CC2)n1. The van der Waals surface area contributed by atoms with E-state index >= 15 is 0 Å². The third-order valence-electron chi connectivity index (χ3n) is 5.11. The summed E-state index contributed by atoms with van der Waals surface area (Å²) in [6.45, 7) is 9.54. The number of carbonyl (C=O) groups is 1. The fraction of sp³-hybridized carbons (Fsp3) is 0.647. The Balaban J connectivity index is 1.30. The molecule has 0 aromatic carbocycles. The van der Waals surface area contributed by atoms with Crippen LogP contribution in [0.4, 0.5) is 5.13 Å². The normalized spacial score (nSPS) is 19.6. The third kappa shape index (κ3) is 4.28. The second kappa shape index (κ2) is 7.91. The minimum absolute atomic E-state index is 0.0588. The van der Waals surface area contributed by atoms with Crippen LogP contribution in [0.25, 0.3) is 0 Å². The molecule has 2 saturated heterocycles. The molecule has 0 spiro atoms. The van der Waals surface area contributed by atoms with Gasteiger partial charge in [-0.3, -0.25) is 9.69 Å². The van der Waals surface area contributed by atoms with Gasteiger partial charge in [0.25, 0.3) is 5.91 Å². The van der Waals surface area contributed by atoms with E-state index < -0.39 is 0 Å². The second-order valence-electron chi connectivity index (χ2n) is 7.16. The lowest BCUT2D eigenvalue weighted by atomic mass is 10.2. The van der Waals surface area contributed by atoms with Crippen molar-refractivity contribution in [3.8, 4) is 0 Å². The van der Waals surface area contributed by atoms with Gasteiger partial charge in [0.1, 0.15) is 5.82 Å². The monoisotopic (exact) mass is 391 g/mol. The van der Waals surface area contributed by atoms with Crippen molar-refractivity contribution in [2.45, 2.75) is 13.5 Å². The summed E-state index contributed by atoms with van der Waals surface area (Å²) in [7, 11) is 2.13. The van der Waals surface area contributed by atoms with Crippen LogP contribution in [0.2, 0.25) is 0 Å². The molecule has 0 N–H and O–H groups in total. The van der Waals surface area contributed by atoms with E-state index in [0.717, 1.165) is 56.0 Å². The van der Waals surface area contributed by atoms with Gasteiger partial charge in [-0.25, -0.2) is 4.98 Å². The topological polar surface area (TPSA) is 81.8 Å². The third-order valence-corrected chi connectivity index (χ3v) is 5.98. The van der Waals surface area contributed by atoms with Crippen LogP contribution in [0, 0.1) is 6.92 Å². The largest absolute Gasteiger partial charge is 0.359 e. The predicted molar refractivity (Wildman–Crippen MR) is 102 cm³/mol. The molecule has 0 atom stereocenters. The molecular weight excluding hydrogens is 366 g/mol. The van der Waals surface area contributed by atoms with Crippen LogP contribution in [-0.4, -0.2) is 94.5 Å². The highest BCUT2D eigenvalue weighted by molar-refractivity contribution is 7.09.